The molecule has 0 spiro atoms. The molecule has 57 heavy (non-hydrogen) atoms. The van der Waals surface area contributed by atoms with Gasteiger partial charge in [0.25, 0.3) is 0 Å². The van der Waals surface area contributed by atoms with E-state index in [0.29, 0.717) is 6.04 Å². The van der Waals surface area contributed by atoms with E-state index in [9.17, 15) is 0 Å². The molecule has 4 aromatic heterocycles. The minimum absolute atomic E-state index is 0.0864. The van der Waals surface area contributed by atoms with E-state index < -0.39 is 0 Å². The lowest BCUT2D eigenvalue weighted by atomic mass is 9.86. The highest BCUT2D eigenvalue weighted by atomic mass is 32.1. The van der Waals surface area contributed by atoms with Gasteiger partial charge in [0.2, 0.25) is 0 Å². The summed E-state index contributed by atoms with van der Waals surface area (Å²) < 4.78 is 12.5. The van der Waals surface area contributed by atoms with E-state index in [2.05, 4.69) is 133 Å². The van der Waals surface area contributed by atoms with Crippen LogP contribution >= 0.6 is 34.4 Å². The first-order valence-electron chi connectivity index (χ1n) is 22.0. The largest absolute Gasteiger partial charge is 0.337 e. The van der Waals surface area contributed by atoms with Gasteiger partial charge < -0.3 is 4.57 Å². The van der Waals surface area contributed by atoms with Gasteiger partial charge in [0, 0.05) is 58.5 Å². The molecular formula is C51H65N3S3. The van der Waals surface area contributed by atoms with Gasteiger partial charge in [0.15, 0.2) is 0 Å². The molecule has 3 nitrogen and oxygen atoms in total. The summed E-state index contributed by atoms with van der Waals surface area (Å²) in [6.07, 6.45) is 18.7. The van der Waals surface area contributed by atoms with Crippen LogP contribution in [-0.2, 0) is 10.8 Å². The number of benzene rings is 3. The van der Waals surface area contributed by atoms with Crippen molar-refractivity contribution in [1.29, 1.82) is 0 Å². The summed E-state index contributed by atoms with van der Waals surface area (Å²) in [5.41, 5.74) is 10.1. The van der Waals surface area contributed by atoms with E-state index in [-0.39, 0.29) is 10.8 Å². The molecule has 0 amide bonds. The van der Waals surface area contributed by atoms with Gasteiger partial charge in [-0.15, -0.1) is 22.7 Å². The molecule has 0 aliphatic rings. The predicted octanol–water partition coefficient (Wildman–Crippen LogP) is 17.6. The molecule has 7 rings (SSSR count). The third-order valence-corrected chi connectivity index (χ3v) is 15.2. The Balaban J connectivity index is 1.24. The third-order valence-electron chi connectivity index (χ3n) is 12.0. The highest BCUT2D eigenvalue weighted by Crippen LogP contribution is 2.44. The Labute approximate surface area is 355 Å². The Morgan fingerprint density at radius 3 is 1.63 bits per heavy atom. The van der Waals surface area contributed by atoms with Gasteiger partial charge in [-0.3, -0.25) is 0 Å². The summed E-state index contributed by atoms with van der Waals surface area (Å²) in [6.45, 7) is 18.5. The lowest BCUT2D eigenvalue weighted by Gasteiger charge is -2.23. The predicted molar refractivity (Wildman–Crippen MR) is 255 cm³/mol. The minimum atomic E-state index is 0.0864. The van der Waals surface area contributed by atoms with Gasteiger partial charge in [0.1, 0.15) is 11.0 Å². The maximum absolute atomic E-state index is 4.86. The van der Waals surface area contributed by atoms with Gasteiger partial charge in [0.05, 0.1) is 11.7 Å². The maximum atomic E-state index is 4.86. The van der Waals surface area contributed by atoms with Crippen molar-refractivity contribution in [3.05, 3.63) is 83.2 Å². The zero-order valence-electron chi connectivity index (χ0n) is 36.0. The van der Waals surface area contributed by atoms with Crippen molar-refractivity contribution in [3.63, 3.8) is 0 Å². The van der Waals surface area contributed by atoms with Crippen molar-refractivity contribution in [2.45, 2.75) is 162 Å². The monoisotopic (exact) mass is 815 g/mol. The molecule has 4 heterocycles. The fourth-order valence-electron chi connectivity index (χ4n) is 8.58. The van der Waals surface area contributed by atoms with Gasteiger partial charge >= 0.3 is 0 Å². The molecule has 0 unspecified atom stereocenters. The Bertz CT molecular complexity index is 2370. The van der Waals surface area contributed by atoms with E-state index in [0.717, 1.165) is 11.0 Å². The molecular weight excluding hydrogens is 751 g/mol. The minimum Gasteiger partial charge on any atom is -0.337 e. The number of nitrogens with zero attached hydrogens (tertiary/aromatic N) is 3. The van der Waals surface area contributed by atoms with Gasteiger partial charge in [-0.1, -0.05) is 157 Å². The second kappa shape index (κ2) is 18.3. The van der Waals surface area contributed by atoms with E-state index in [4.69, 9.17) is 8.75 Å². The van der Waals surface area contributed by atoms with Crippen molar-refractivity contribution in [3.8, 4) is 31.3 Å². The van der Waals surface area contributed by atoms with E-state index in [1.54, 1.807) is 0 Å². The van der Waals surface area contributed by atoms with Crippen LogP contribution in [0.3, 0.4) is 0 Å². The van der Waals surface area contributed by atoms with E-state index in [1.807, 2.05) is 22.7 Å². The second-order valence-corrected chi connectivity index (χ2v) is 21.2. The standard InChI is InChI=1S/C51H65N3S3/c1-9-11-13-15-17-19-21-37(22-20-18-16-14-12-10-2)54-42-27-23-35(33-40(42)41-34-36(50(3,4)5)24-28-43(41)54)44-29-30-45(55-44)38-25-26-39(49-48(38)52-57-53-49)46-31-32-47(56-46)51(6,7)8/h23-34,37H,9-22H2,1-8H3. The Morgan fingerprint density at radius 2 is 1.05 bits per heavy atom. The first-order valence-corrected chi connectivity index (χ1v) is 24.4. The summed E-state index contributed by atoms with van der Waals surface area (Å²) in [4.78, 5) is 5.19. The summed E-state index contributed by atoms with van der Waals surface area (Å²) in [6, 6.07) is 28.9. The third kappa shape index (κ3) is 9.45. The van der Waals surface area contributed by atoms with Gasteiger partial charge in [-0.2, -0.15) is 8.75 Å². The smallest absolute Gasteiger partial charge is 0.114 e. The fraction of sp³-hybridized carbons (Fsp3) is 0.490. The molecule has 0 aliphatic heterocycles. The van der Waals surface area contributed by atoms with Crippen LogP contribution in [0.4, 0.5) is 0 Å². The number of aromatic nitrogens is 3. The molecule has 0 atom stereocenters. The molecule has 0 bridgehead atoms. The van der Waals surface area contributed by atoms with Crippen molar-refractivity contribution in [2.24, 2.45) is 0 Å². The van der Waals surface area contributed by atoms with Crippen LogP contribution in [0.15, 0.2) is 72.8 Å². The lowest BCUT2D eigenvalue weighted by molar-refractivity contribution is 0.410. The van der Waals surface area contributed by atoms with Crippen LogP contribution in [-0.4, -0.2) is 13.3 Å². The molecule has 6 heteroatoms. The van der Waals surface area contributed by atoms with Crippen molar-refractivity contribution < 1.29 is 0 Å². The van der Waals surface area contributed by atoms with Crippen LogP contribution in [0, 0.1) is 0 Å². The zero-order chi connectivity index (χ0) is 40.2. The number of unbranched alkanes of at least 4 members (excludes halogenated alkanes) is 10. The topological polar surface area (TPSA) is 30.7 Å². The Kier molecular flexibility index (Phi) is 13.4. The quantitative estimate of drug-likeness (QED) is 0.0808. The molecule has 302 valence electrons. The zero-order valence-corrected chi connectivity index (χ0v) is 38.4. The van der Waals surface area contributed by atoms with Crippen molar-refractivity contribution >= 4 is 67.2 Å². The number of hydrogen-bond donors (Lipinski definition) is 0. The van der Waals surface area contributed by atoms with Crippen LogP contribution in [0.5, 0.6) is 0 Å². The molecule has 0 radical (unpaired) electrons. The first kappa shape index (κ1) is 41.8. The summed E-state index contributed by atoms with van der Waals surface area (Å²) in [5.74, 6) is 0. The summed E-state index contributed by atoms with van der Waals surface area (Å²) >= 11 is 5.07. The van der Waals surface area contributed by atoms with E-state index in [1.165, 1.54) is 165 Å². The van der Waals surface area contributed by atoms with Gasteiger partial charge in [-0.25, -0.2) is 0 Å². The molecule has 0 N–H and O–H groups in total. The highest BCUT2D eigenvalue weighted by molar-refractivity contribution is 7.19. The first-order chi connectivity index (χ1) is 27.5. The van der Waals surface area contributed by atoms with Crippen molar-refractivity contribution in [1.82, 2.24) is 13.3 Å². The average molecular weight is 816 g/mol. The molecule has 7 aromatic rings. The fourth-order valence-corrected chi connectivity index (χ4v) is 11.3. The number of hydrogen-bond acceptors (Lipinski definition) is 5. The molecule has 0 saturated carbocycles. The highest BCUT2D eigenvalue weighted by Gasteiger charge is 2.23. The van der Waals surface area contributed by atoms with Crippen LogP contribution < -0.4 is 0 Å². The van der Waals surface area contributed by atoms with E-state index >= 15 is 0 Å². The normalized spacial score (nSPS) is 12.6. The summed E-state index contributed by atoms with van der Waals surface area (Å²) in [5, 5.41) is 2.79. The molecule has 0 aliphatic carbocycles. The number of rotatable bonds is 18. The van der Waals surface area contributed by atoms with Gasteiger partial charge in [-0.05, 0) is 83.3 Å². The van der Waals surface area contributed by atoms with Crippen LogP contribution in [0.1, 0.15) is 162 Å². The molecule has 0 saturated heterocycles. The Morgan fingerprint density at radius 1 is 0.526 bits per heavy atom. The van der Waals surface area contributed by atoms with Crippen molar-refractivity contribution in [2.75, 3.05) is 0 Å². The lowest BCUT2D eigenvalue weighted by Crippen LogP contribution is -2.11. The SMILES string of the molecule is CCCCCCCCC(CCCCCCCC)n1c2ccc(-c3ccc(-c4ccc(-c5ccc(C(C)(C)C)s5)c5nsnc45)s3)cc2c2cc(C(C)(C)C)ccc21. The second-order valence-electron chi connectivity index (χ2n) is 18.6. The molecule has 3 aromatic carbocycles. The summed E-state index contributed by atoms with van der Waals surface area (Å²) in [7, 11) is 0. The maximum Gasteiger partial charge on any atom is 0.114 e. The van der Waals surface area contributed by atoms with Crippen LogP contribution in [0.25, 0.3) is 64.2 Å². The van der Waals surface area contributed by atoms with Crippen LogP contribution in [0.2, 0.25) is 0 Å². The average Bonchev–Trinajstić information content (AvgIpc) is 4.02. The number of thiophene rings is 2. The Hall–Kier alpha value is -3.32. The number of fused-ring (bicyclic) bond motifs is 4. The molecule has 0 fully saturated rings.